The quantitative estimate of drug-likeness (QED) is 0.510. The van der Waals surface area contributed by atoms with E-state index in [1.807, 2.05) is 0 Å². The second kappa shape index (κ2) is 6.08. The third kappa shape index (κ3) is 3.71. The van der Waals surface area contributed by atoms with Crippen molar-refractivity contribution in [3.05, 3.63) is 62.6 Å². The van der Waals surface area contributed by atoms with Crippen molar-refractivity contribution in [3.63, 3.8) is 0 Å². The Labute approximate surface area is 122 Å². The Kier molecular flexibility index (Phi) is 4.44. The summed E-state index contributed by atoms with van der Waals surface area (Å²) in [4.78, 5) is 11.5. The Hall–Kier alpha value is -1.53. The van der Waals surface area contributed by atoms with E-state index in [1.165, 1.54) is 17.8 Å². The summed E-state index contributed by atoms with van der Waals surface area (Å²) < 4.78 is 0.692. The zero-order chi connectivity index (χ0) is 13.8. The van der Waals surface area contributed by atoms with E-state index in [2.05, 4.69) is 15.9 Å². The highest BCUT2D eigenvalue weighted by Gasteiger charge is 2.14. The number of nitro benzene ring substituents is 1. The van der Waals surface area contributed by atoms with E-state index >= 15 is 0 Å². The van der Waals surface area contributed by atoms with Crippen molar-refractivity contribution < 1.29 is 10.0 Å². The molecule has 0 aliphatic rings. The first-order chi connectivity index (χ1) is 9.06. The molecule has 4 nitrogen and oxygen atoms in total. The Balaban J connectivity index is 2.15. The van der Waals surface area contributed by atoms with E-state index < -0.39 is 0 Å². The molecule has 0 heterocycles. The number of thioether (sulfide) groups is 1. The molecular weight excluding hydrogens is 330 g/mol. The van der Waals surface area contributed by atoms with Gasteiger partial charge in [-0.3, -0.25) is 10.1 Å². The number of nitrogens with zero attached hydrogens (tertiary/aromatic N) is 1. The summed E-state index contributed by atoms with van der Waals surface area (Å²) >= 11 is 4.72. The lowest BCUT2D eigenvalue weighted by atomic mass is 10.2. The maximum absolute atomic E-state index is 11.0. The summed E-state index contributed by atoms with van der Waals surface area (Å²) in [5, 5.41) is 20.2. The molecular formula is C13H10BrNO3S. The highest BCUT2D eigenvalue weighted by Crippen LogP contribution is 2.30. The number of phenols is 1. The zero-order valence-corrected chi connectivity index (χ0v) is 12.1. The third-order valence-corrected chi connectivity index (χ3v) is 4.03. The number of rotatable bonds is 4. The van der Waals surface area contributed by atoms with Crippen LogP contribution in [0, 0.1) is 10.1 Å². The summed E-state index contributed by atoms with van der Waals surface area (Å²) in [6.45, 7) is 0. The van der Waals surface area contributed by atoms with Crippen molar-refractivity contribution in [2.45, 2.75) is 10.6 Å². The molecule has 98 valence electrons. The molecule has 0 saturated heterocycles. The lowest BCUT2D eigenvalue weighted by Crippen LogP contribution is -1.94. The normalized spacial score (nSPS) is 10.4. The Bertz CT molecular complexity index is 601. The predicted octanol–water partition coefficient (Wildman–Crippen LogP) is 4.36. The average molecular weight is 340 g/mol. The van der Waals surface area contributed by atoms with Crippen LogP contribution in [0.3, 0.4) is 0 Å². The first kappa shape index (κ1) is 13.9. The van der Waals surface area contributed by atoms with Crippen LogP contribution in [0.25, 0.3) is 0 Å². The number of halogens is 1. The molecule has 6 heteroatoms. The number of hydrogen-bond donors (Lipinski definition) is 1. The van der Waals surface area contributed by atoms with Crippen LogP contribution in [0.5, 0.6) is 5.75 Å². The summed E-state index contributed by atoms with van der Waals surface area (Å²) in [7, 11) is 0. The topological polar surface area (TPSA) is 63.4 Å². The van der Waals surface area contributed by atoms with Gasteiger partial charge in [0.1, 0.15) is 5.75 Å². The summed E-state index contributed by atoms with van der Waals surface area (Å²) in [6, 6.07) is 11.8. The highest BCUT2D eigenvalue weighted by molar-refractivity contribution is 9.10. The second-order valence-corrected chi connectivity index (χ2v) is 5.78. The minimum absolute atomic E-state index is 0.112. The van der Waals surface area contributed by atoms with Crippen molar-refractivity contribution in [1.82, 2.24) is 0 Å². The Morgan fingerprint density at radius 1 is 1.21 bits per heavy atom. The molecule has 0 atom stereocenters. The van der Waals surface area contributed by atoms with Crippen LogP contribution in [-0.2, 0) is 5.75 Å². The first-order valence-electron chi connectivity index (χ1n) is 5.41. The molecule has 0 saturated carbocycles. The van der Waals surface area contributed by atoms with E-state index in [4.69, 9.17) is 0 Å². The Morgan fingerprint density at radius 2 is 1.89 bits per heavy atom. The predicted molar refractivity (Wildman–Crippen MR) is 78.5 cm³/mol. The molecule has 0 amide bonds. The highest BCUT2D eigenvalue weighted by atomic mass is 79.9. The van der Waals surface area contributed by atoms with Crippen LogP contribution in [0.15, 0.2) is 51.8 Å². The van der Waals surface area contributed by atoms with Gasteiger partial charge in [-0.1, -0.05) is 22.0 Å². The largest absolute Gasteiger partial charge is 0.508 e. The van der Waals surface area contributed by atoms with Crippen LogP contribution >= 0.6 is 27.7 Å². The molecule has 0 aliphatic heterocycles. The molecule has 2 aromatic rings. The summed E-state index contributed by atoms with van der Waals surface area (Å²) in [5.41, 5.74) is 0.784. The SMILES string of the molecule is O=[N+]([O-])c1cc(Br)ccc1CSc1ccc(O)cc1. The van der Waals surface area contributed by atoms with Gasteiger partial charge in [-0.15, -0.1) is 11.8 Å². The van der Waals surface area contributed by atoms with Gasteiger partial charge in [0, 0.05) is 26.8 Å². The van der Waals surface area contributed by atoms with Crippen molar-refractivity contribution in [2.75, 3.05) is 0 Å². The minimum Gasteiger partial charge on any atom is -0.508 e. The number of phenolic OH excluding ortho intramolecular Hbond substituents is 1. The summed E-state index contributed by atoms with van der Waals surface area (Å²) in [5.74, 6) is 0.716. The van der Waals surface area contributed by atoms with Gasteiger partial charge in [-0.25, -0.2) is 0 Å². The van der Waals surface area contributed by atoms with E-state index in [0.717, 1.165) is 4.90 Å². The van der Waals surface area contributed by atoms with Crippen LogP contribution in [0.2, 0.25) is 0 Å². The summed E-state index contributed by atoms with van der Waals surface area (Å²) in [6.07, 6.45) is 0. The van der Waals surface area contributed by atoms with E-state index in [-0.39, 0.29) is 16.4 Å². The zero-order valence-electron chi connectivity index (χ0n) is 9.75. The van der Waals surface area contributed by atoms with Crippen LogP contribution < -0.4 is 0 Å². The van der Waals surface area contributed by atoms with Gasteiger partial charge < -0.3 is 5.11 Å². The van der Waals surface area contributed by atoms with Gasteiger partial charge in [0.05, 0.1) is 4.92 Å². The van der Waals surface area contributed by atoms with Gasteiger partial charge in [0.15, 0.2) is 0 Å². The Morgan fingerprint density at radius 3 is 2.53 bits per heavy atom. The number of aromatic hydroxyl groups is 1. The monoisotopic (exact) mass is 339 g/mol. The molecule has 0 unspecified atom stereocenters. The fourth-order valence-corrected chi connectivity index (χ4v) is 2.78. The van der Waals surface area contributed by atoms with Gasteiger partial charge >= 0.3 is 0 Å². The van der Waals surface area contributed by atoms with E-state index in [1.54, 1.807) is 36.4 Å². The fourth-order valence-electron chi connectivity index (χ4n) is 1.53. The second-order valence-electron chi connectivity index (χ2n) is 3.81. The maximum atomic E-state index is 11.0. The van der Waals surface area contributed by atoms with Gasteiger partial charge in [-0.2, -0.15) is 0 Å². The number of hydrogen-bond acceptors (Lipinski definition) is 4. The first-order valence-corrected chi connectivity index (χ1v) is 7.19. The minimum atomic E-state index is -0.378. The van der Waals surface area contributed by atoms with Crippen molar-refractivity contribution in [1.29, 1.82) is 0 Å². The molecule has 2 aromatic carbocycles. The van der Waals surface area contributed by atoms with Gasteiger partial charge in [0.25, 0.3) is 5.69 Å². The lowest BCUT2D eigenvalue weighted by Gasteiger charge is -2.04. The van der Waals surface area contributed by atoms with E-state index in [0.29, 0.717) is 15.8 Å². The third-order valence-electron chi connectivity index (χ3n) is 2.48. The lowest BCUT2D eigenvalue weighted by molar-refractivity contribution is -0.385. The fraction of sp³-hybridized carbons (Fsp3) is 0.0769. The van der Waals surface area contributed by atoms with Crippen molar-refractivity contribution in [3.8, 4) is 5.75 Å². The van der Waals surface area contributed by atoms with Crippen molar-refractivity contribution >= 4 is 33.4 Å². The van der Waals surface area contributed by atoms with Gasteiger partial charge in [0.2, 0.25) is 0 Å². The maximum Gasteiger partial charge on any atom is 0.274 e. The molecule has 0 aromatic heterocycles. The van der Waals surface area contributed by atoms with Crippen LogP contribution in [0.4, 0.5) is 5.69 Å². The molecule has 0 radical (unpaired) electrons. The van der Waals surface area contributed by atoms with Crippen LogP contribution in [-0.4, -0.2) is 10.0 Å². The molecule has 2 rings (SSSR count). The van der Waals surface area contributed by atoms with Crippen LogP contribution in [0.1, 0.15) is 5.56 Å². The number of benzene rings is 2. The number of nitro groups is 1. The molecule has 0 fully saturated rings. The van der Waals surface area contributed by atoms with Crippen molar-refractivity contribution in [2.24, 2.45) is 0 Å². The average Bonchev–Trinajstić information content (AvgIpc) is 2.39. The molecule has 0 spiro atoms. The van der Waals surface area contributed by atoms with Gasteiger partial charge in [-0.05, 0) is 30.3 Å². The smallest absolute Gasteiger partial charge is 0.274 e. The molecule has 19 heavy (non-hydrogen) atoms. The van der Waals surface area contributed by atoms with E-state index in [9.17, 15) is 15.2 Å². The molecule has 0 bridgehead atoms. The standard InChI is InChI=1S/C13H10BrNO3S/c14-10-2-1-9(13(7-10)15(17)18)8-19-12-5-3-11(16)4-6-12/h1-7,16H,8H2. The molecule has 1 N–H and O–H groups in total. The molecule has 0 aliphatic carbocycles.